The second kappa shape index (κ2) is 9.25. The third kappa shape index (κ3) is 4.69. The van der Waals surface area contributed by atoms with Gasteiger partial charge in [0.05, 0.1) is 0 Å². The van der Waals surface area contributed by atoms with Crippen molar-refractivity contribution in [1.29, 1.82) is 0 Å². The number of hydrogen-bond donors (Lipinski definition) is 2. The summed E-state index contributed by atoms with van der Waals surface area (Å²) in [4.78, 5) is 16.9. The molecular formula is C27H18FN3O2S. The first-order chi connectivity index (χ1) is 16.5. The SMILES string of the molecule is O=C(NC(=S)Nc1ccc2oc(-c3ccc(-c4ccccc4)cc3)nc2c1)c1ccc(F)cc1. The van der Waals surface area contributed by atoms with Crippen LogP contribution in [0.2, 0.25) is 0 Å². The Morgan fingerprint density at radius 3 is 2.24 bits per heavy atom. The maximum Gasteiger partial charge on any atom is 0.257 e. The zero-order chi connectivity index (χ0) is 23.5. The largest absolute Gasteiger partial charge is 0.436 e. The Morgan fingerprint density at radius 2 is 1.50 bits per heavy atom. The molecule has 1 aromatic heterocycles. The Labute approximate surface area is 200 Å². The van der Waals surface area contributed by atoms with Crippen LogP contribution in [-0.4, -0.2) is 16.0 Å². The molecule has 5 nitrogen and oxygen atoms in total. The zero-order valence-electron chi connectivity index (χ0n) is 17.8. The van der Waals surface area contributed by atoms with E-state index in [4.69, 9.17) is 16.6 Å². The average Bonchev–Trinajstić information content (AvgIpc) is 3.28. The fourth-order valence-electron chi connectivity index (χ4n) is 3.50. The van der Waals surface area contributed by atoms with Gasteiger partial charge < -0.3 is 9.73 Å². The van der Waals surface area contributed by atoms with Gasteiger partial charge in [-0.2, -0.15) is 0 Å². The van der Waals surface area contributed by atoms with Crippen LogP contribution >= 0.6 is 12.2 Å². The van der Waals surface area contributed by atoms with Crippen molar-refractivity contribution >= 4 is 40.0 Å². The summed E-state index contributed by atoms with van der Waals surface area (Å²) in [5.74, 6) is -0.329. The number of fused-ring (bicyclic) bond motifs is 1. The first-order valence-corrected chi connectivity index (χ1v) is 10.9. The maximum atomic E-state index is 13.0. The number of hydrogen-bond acceptors (Lipinski definition) is 4. The standard InChI is InChI=1S/C27H18FN3O2S/c28-21-12-10-19(11-13-21)25(32)31-27(34)29-22-14-15-24-23(16-22)30-26(33-24)20-8-6-18(7-9-20)17-4-2-1-3-5-17/h1-16H,(H2,29,31,32,34). The van der Waals surface area contributed by atoms with E-state index in [1.165, 1.54) is 24.3 Å². The quantitative estimate of drug-likeness (QED) is 0.298. The summed E-state index contributed by atoms with van der Waals surface area (Å²) < 4.78 is 19.0. The highest BCUT2D eigenvalue weighted by atomic mass is 32.1. The maximum absolute atomic E-state index is 13.0. The predicted molar refractivity (Wildman–Crippen MR) is 135 cm³/mol. The minimum Gasteiger partial charge on any atom is -0.436 e. The van der Waals surface area contributed by atoms with Crippen molar-refractivity contribution in [2.75, 3.05) is 5.32 Å². The van der Waals surface area contributed by atoms with Crippen LogP contribution in [0.5, 0.6) is 0 Å². The molecule has 0 saturated carbocycles. The van der Waals surface area contributed by atoms with Gasteiger partial charge in [0, 0.05) is 16.8 Å². The molecule has 0 aliphatic rings. The van der Waals surface area contributed by atoms with Crippen LogP contribution in [-0.2, 0) is 0 Å². The van der Waals surface area contributed by atoms with E-state index >= 15 is 0 Å². The number of thiocarbonyl (C=S) groups is 1. The first-order valence-electron chi connectivity index (χ1n) is 10.5. The van der Waals surface area contributed by atoms with Gasteiger partial charge in [-0.3, -0.25) is 10.1 Å². The van der Waals surface area contributed by atoms with Gasteiger partial charge >= 0.3 is 0 Å². The third-order valence-electron chi connectivity index (χ3n) is 5.22. The molecule has 166 valence electrons. The molecule has 34 heavy (non-hydrogen) atoms. The minimum absolute atomic E-state index is 0.119. The normalized spacial score (nSPS) is 10.7. The summed E-state index contributed by atoms with van der Waals surface area (Å²) in [6, 6.07) is 28.8. The monoisotopic (exact) mass is 467 g/mol. The fourth-order valence-corrected chi connectivity index (χ4v) is 3.71. The highest BCUT2D eigenvalue weighted by Crippen LogP contribution is 2.28. The van der Waals surface area contributed by atoms with Gasteiger partial charge in [-0.1, -0.05) is 42.5 Å². The van der Waals surface area contributed by atoms with Gasteiger partial charge in [0.2, 0.25) is 5.89 Å². The number of carbonyl (C=O) groups excluding carboxylic acids is 1. The molecule has 5 rings (SSSR count). The van der Waals surface area contributed by atoms with Gasteiger partial charge in [-0.05, 0) is 77.9 Å². The molecular weight excluding hydrogens is 449 g/mol. The van der Waals surface area contributed by atoms with E-state index in [0.717, 1.165) is 16.7 Å². The summed E-state index contributed by atoms with van der Waals surface area (Å²) >= 11 is 5.23. The lowest BCUT2D eigenvalue weighted by Crippen LogP contribution is -2.34. The molecule has 2 N–H and O–H groups in total. The van der Waals surface area contributed by atoms with Crippen LogP contribution in [0.25, 0.3) is 33.7 Å². The summed E-state index contributed by atoms with van der Waals surface area (Å²) in [5, 5.41) is 5.66. The van der Waals surface area contributed by atoms with Crippen LogP contribution in [0.4, 0.5) is 10.1 Å². The molecule has 1 heterocycles. The van der Waals surface area contributed by atoms with Gasteiger partial charge in [0.1, 0.15) is 11.3 Å². The second-order valence-electron chi connectivity index (χ2n) is 7.56. The Balaban J connectivity index is 1.29. The summed E-state index contributed by atoms with van der Waals surface area (Å²) in [7, 11) is 0. The van der Waals surface area contributed by atoms with Crippen molar-refractivity contribution in [3.05, 3.63) is 108 Å². The Morgan fingerprint density at radius 1 is 0.824 bits per heavy atom. The van der Waals surface area contributed by atoms with Crippen LogP contribution < -0.4 is 10.6 Å². The van der Waals surface area contributed by atoms with Crippen molar-refractivity contribution in [3.63, 3.8) is 0 Å². The van der Waals surface area contributed by atoms with Crippen molar-refractivity contribution in [2.45, 2.75) is 0 Å². The molecule has 0 aliphatic heterocycles. The number of anilines is 1. The Kier molecular flexibility index (Phi) is 5.84. The molecule has 0 spiro atoms. The highest BCUT2D eigenvalue weighted by molar-refractivity contribution is 7.80. The number of oxazole rings is 1. The van der Waals surface area contributed by atoms with Crippen LogP contribution in [0.3, 0.4) is 0 Å². The lowest BCUT2D eigenvalue weighted by molar-refractivity contribution is 0.0977. The molecule has 4 aromatic carbocycles. The van der Waals surface area contributed by atoms with Gasteiger partial charge in [-0.15, -0.1) is 0 Å². The molecule has 1 amide bonds. The van der Waals surface area contributed by atoms with Gasteiger partial charge in [0.25, 0.3) is 5.91 Å². The molecule has 0 saturated heterocycles. The Bertz CT molecular complexity index is 1480. The molecule has 0 radical (unpaired) electrons. The zero-order valence-corrected chi connectivity index (χ0v) is 18.6. The number of amides is 1. The van der Waals surface area contributed by atoms with E-state index in [9.17, 15) is 9.18 Å². The summed E-state index contributed by atoms with van der Waals surface area (Å²) in [6.45, 7) is 0. The molecule has 0 aliphatic carbocycles. The first kappa shape index (κ1) is 21.5. The summed E-state index contributed by atoms with van der Waals surface area (Å²) in [6.07, 6.45) is 0. The molecule has 0 atom stereocenters. The number of benzene rings is 4. The Hall–Kier alpha value is -4.36. The number of halogens is 1. The van der Waals surface area contributed by atoms with Gasteiger partial charge in [0.15, 0.2) is 10.7 Å². The molecule has 7 heteroatoms. The molecule has 0 bridgehead atoms. The van der Waals surface area contributed by atoms with Crippen LogP contribution in [0.15, 0.2) is 101 Å². The van der Waals surface area contributed by atoms with E-state index in [-0.39, 0.29) is 5.11 Å². The van der Waals surface area contributed by atoms with E-state index in [1.807, 2.05) is 42.5 Å². The van der Waals surface area contributed by atoms with Crippen molar-refractivity contribution < 1.29 is 13.6 Å². The van der Waals surface area contributed by atoms with Crippen LogP contribution in [0.1, 0.15) is 10.4 Å². The topological polar surface area (TPSA) is 67.2 Å². The third-order valence-corrected chi connectivity index (χ3v) is 5.42. The number of carbonyl (C=O) groups is 1. The van der Waals surface area contributed by atoms with E-state index in [0.29, 0.717) is 28.2 Å². The average molecular weight is 468 g/mol. The lowest BCUT2D eigenvalue weighted by atomic mass is 10.0. The number of aromatic nitrogens is 1. The highest BCUT2D eigenvalue weighted by Gasteiger charge is 2.11. The smallest absolute Gasteiger partial charge is 0.257 e. The van der Waals surface area contributed by atoms with Crippen molar-refractivity contribution in [1.82, 2.24) is 10.3 Å². The predicted octanol–water partition coefficient (Wildman–Crippen LogP) is 6.43. The number of nitrogens with one attached hydrogen (secondary N) is 2. The number of rotatable bonds is 4. The molecule has 0 fully saturated rings. The molecule has 5 aromatic rings. The summed E-state index contributed by atoms with van der Waals surface area (Å²) in [5.41, 5.74) is 5.37. The van der Waals surface area contributed by atoms with E-state index in [1.54, 1.807) is 18.2 Å². The minimum atomic E-state index is -0.429. The fraction of sp³-hybridized carbons (Fsp3) is 0. The van der Waals surface area contributed by atoms with Crippen molar-refractivity contribution in [3.8, 4) is 22.6 Å². The van der Waals surface area contributed by atoms with Crippen LogP contribution in [0, 0.1) is 5.82 Å². The lowest BCUT2D eigenvalue weighted by Gasteiger charge is -2.09. The van der Waals surface area contributed by atoms with E-state index < -0.39 is 11.7 Å². The van der Waals surface area contributed by atoms with Gasteiger partial charge in [-0.25, -0.2) is 9.37 Å². The van der Waals surface area contributed by atoms with E-state index in [2.05, 4.69) is 27.8 Å². The second-order valence-corrected chi connectivity index (χ2v) is 7.97. The van der Waals surface area contributed by atoms with Crippen molar-refractivity contribution in [2.24, 2.45) is 0 Å². The molecule has 0 unspecified atom stereocenters. The number of nitrogens with zero attached hydrogens (tertiary/aromatic N) is 1.